The molecule has 1 N–H and O–H groups in total. The lowest BCUT2D eigenvalue weighted by atomic mass is 10.0. The van der Waals surface area contributed by atoms with E-state index in [9.17, 15) is 9.59 Å². The Kier molecular flexibility index (Phi) is 6.70. The molecule has 1 heterocycles. The zero-order valence-corrected chi connectivity index (χ0v) is 17.2. The smallest absolute Gasteiger partial charge is 0.253 e. The third-order valence-corrected chi connectivity index (χ3v) is 4.54. The van der Waals surface area contributed by atoms with E-state index in [1.165, 1.54) is 4.90 Å². The molecule has 2 rings (SSSR count). The van der Waals surface area contributed by atoms with Crippen LogP contribution >= 0.6 is 0 Å². The van der Waals surface area contributed by atoms with Crippen molar-refractivity contribution < 1.29 is 19.1 Å². The number of carbonyl (C=O) groups is 2. The van der Waals surface area contributed by atoms with E-state index < -0.39 is 5.54 Å². The normalized spacial score (nSPS) is 16.4. The second kappa shape index (κ2) is 8.61. The number of hydrogen-bond acceptors (Lipinski definition) is 5. The van der Waals surface area contributed by atoms with Crippen molar-refractivity contribution in [2.45, 2.75) is 38.8 Å². The third kappa shape index (κ3) is 5.35. The lowest BCUT2D eigenvalue weighted by Gasteiger charge is -2.36. The van der Waals surface area contributed by atoms with E-state index in [4.69, 9.17) is 9.47 Å². The molecule has 0 bridgehead atoms. The van der Waals surface area contributed by atoms with Gasteiger partial charge in [0.2, 0.25) is 5.91 Å². The number of fused-ring (bicyclic) bond motifs is 1. The average molecular weight is 377 g/mol. The average Bonchev–Trinajstić information content (AvgIpc) is 2.61. The van der Waals surface area contributed by atoms with E-state index in [-0.39, 0.29) is 17.9 Å². The predicted octanol–water partition coefficient (Wildman–Crippen LogP) is 1.91. The molecule has 1 atom stereocenters. The van der Waals surface area contributed by atoms with Gasteiger partial charge in [-0.25, -0.2) is 0 Å². The number of anilines is 1. The van der Waals surface area contributed by atoms with Gasteiger partial charge < -0.3 is 24.6 Å². The van der Waals surface area contributed by atoms with Gasteiger partial charge in [-0.15, -0.1) is 0 Å². The van der Waals surface area contributed by atoms with Crippen LogP contribution in [0.15, 0.2) is 18.2 Å². The summed E-state index contributed by atoms with van der Waals surface area (Å²) in [6.45, 7) is 7.31. The van der Waals surface area contributed by atoms with Crippen LogP contribution in [0.1, 0.15) is 37.6 Å². The Morgan fingerprint density at radius 3 is 2.70 bits per heavy atom. The summed E-state index contributed by atoms with van der Waals surface area (Å²) in [7, 11) is 5.37. The highest BCUT2D eigenvalue weighted by Crippen LogP contribution is 2.34. The highest BCUT2D eigenvalue weighted by Gasteiger charge is 2.29. The molecule has 1 aromatic rings. The van der Waals surface area contributed by atoms with E-state index in [0.29, 0.717) is 31.8 Å². The van der Waals surface area contributed by atoms with Gasteiger partial charge in [0.05, 0.1) is 30.3 Å². The van der Waals surface area contributed by atoms with Crippen LogP contribution in [-0.4, -0.2) is 69.3 Å². The van der Waals surface area contributed by atoms with E-state index in [1.54, 1.807) is 20.2 Å². The molecule has 0 aliphatic carbocycles. The molecule has 7 nitrogen and oxygen atoms in total. The van der Waals surface area contributed by atoms with Gasteiger partial charge in [-0.3, -0.25) is 9.59 Å². The Hall–Kier alpha value is -2.28. The zero-order chi connectivity index (χ0) is 20.2. The molecule has 0 radical (unpaired) electrons. The molecule has 0 aromatic heterocycles. The lowest BCUT2D eigenvalue weighted by Crippen LogP contribution is -2.50. The Labute approximate surface area is 161 Å². The molecule has 1 unspecified atom stereocenters. The maximum atomic E-state index is 12.5. The first-order valence-corrected chi connectivity index (χ1v) is 9.24. The number of nitrogens with zero attached hydrogens (tertiary/aromatic N) is 2. The second-order valence-electron chi connectivity index (χ2n) is 7.73. The lowest BCUT2D eigenvalue weighted by molar-refractivity contribution is -0.124. The van der Waals surface area contributed by atoms with Gasteiger partial charge >= 0.3 is 0 Å². The molecule has 0 saturated carbocycles. The van der Waals surface area contributed by atoms with Gasteiger partial charge in [0.15, 0.2) is 0 Å². The molecule has 0 fully saturated rings. The van der Waals surface area contributed by atoms with Gasteiger partial charge in [-0.1, -0.05) is 0 Å². The number of amides is 2. The fourth-order valence-electron chi connectivity index (χ4n) is 3.03. The largest absolute Gasteiger partial charge is 0.489 e. The summed E-state index contributed by atoms with van der Waals surface area (Å²) in [5, 5.41) is 3.02. The molecule has 7 heteroatoms. The zero-order valence-electron chi connectivity index (χ0n) is 17.2. The van der Waals surface area contributed by atoms with Gasteiger partial charge in [0.1, 0.15) is 12.4 Å². The number of rotatable bonds is 7. The van der Waals surface area contributed by atoms with Gasteiger partial charge in [0, 0.05) is 33.3 Å². The first-order valence-electron chi connectivity index (χ1n) is 9.24. The number of likely N-dealkylation sites (N-methyl/N-ethyl adjacent to an activating group) is 1. The standard InChI is InChI=1S/C20H31N3O4/c1-7-26-13-20(2,3)21-18(24)11-15-12-27-17-9-8-14(19(25)22(4)5)10-16(17)23(15)6/h8-10,15H,7,11-13H2,1-6H3,(H,21,24). The predicted molar refractivity (Wildman–Crippen MR) is 105 cm³/mol. The molecule has 1 aromatic carbocycles. The number of hydrogen-bond donors (Lipinski definition) is 1. The fourth-order valence-corrected chi connectivity index (χ4v) is 3.03. The fraction of sp³-hybridized carbons (Fsp3) is 0.600. The molecule has 0 saturated heterocycles. The summed E-state index contributed by atoms with van der Waals surface area (Å²) in [6, 6.07) is 5.29. The minimum Gasteiger partial charge on any atom is -0.489 e. The summed E-state index contributed by atoms with van der Waals surface area (Å²) in [4.78, 5) is 28.3. The number of nitrogens with one attached hydrogen (secondary N) is 1. The molecular formula is C20H31N3O4. The summed E-state index contributed by atoms with van der Waals surface area (Å²) >= 11 is 0. The van der Waals surface area contributed by atoms with Crippen molar-refractivity contribution in [2.75, 3.05) is 45.9 Å². The van der Waals surface area contributed by atoms with Crippen LogP contribution in [0.2, 0.25) is 0 Å². The highest BCUT2D eigenvalue weighted by atomic mass is 16.5. The quantitative estimate of drug-likeness (QED) is 0.786. The maximum absolute atomic E-state index is 12.5. The van der Waals surface area contributed by atoms with Gasteiger partial charge in [0.25, 0.3) is 5.91 Å². The van der Waals surface area contributed by atoms with Crippen molar-refractivity contribution in [3.63, 3.8) is 0 Å². The van der Waals surface area contributed by atoms with Crippen molar-refractivity contribution in [2.24, 2.45) is 0 Å². The van der Waals surface area contributed by atoms with Gasteiger partial charge in [-0.2, -0.15) is 0 Å². The van der Waals surface area contributed by atoms with Crippen molar-refractivity contribution >= 4 is 17.5 Å². The number of carbonyl (C=O) groups excluding carboxylic acids is 2. The second-order valence-corrected chi connectivity index (χ2v) is 7.73. The third-order valence-electron chi connectivity index (χ3n) is 4.54. The Balaban J connectivity index is 2.07. The highest BCUT2D eigenvalue weighted by molar-refractivity contribution is 5.95. The summed E-state index contributed by atoms with van der Waals surface area (Å²) in [5.41, 5.74) is 0.988. The summed E-state index contributed by atoms with van der Waals surface area (Å²) < 4.78 is 11.3. The molecule has 1 aliphatic heterocycles. The summed E-state index contributed by atoms with van der Waals surface area (Å²) in [5.74, 6) is 0.606. The van der Waals surface area contributed by atoms with Crippen molar-refractivity contribution in [3.05, 3.63) is 23.8 Å². The minimum absolute atomic E-state index is 0.0517. The topological polar surface area (TPSA) is 71.1 Å². The van der Waals surface area contributed by atoms with Crippen molar-refractivity contribution in [1.29, 1.82) is 0 Å². The van der Waals surface area contributed by atoms with Crippen LogP contribution in [0.3, 0.4) is 0 Å². The van der Waals surface area contributed by atoms with Gasteiger partial charge in [-0.05, 0) is 39.0 Å². The Morgan fingerprint density at radius 1 is 1.37 bits per heavy atom. The van der Waals surface area contributed by atoms with Crippen LogP contribution in [-0.2, 0) is 9.53 Å². The van der Waals surface area contributed by atoms with Crippen LogP contribution in [0.25, 0.3) is 0 Å². The van der Waals surface area contributed by atoms with Crippen molar-refractivity contribution in [1.82, 2.24) is 10.2 Å². The molecule has 0 spiro atoms. The van der Waals surface area contributed by atoms with Crippen LogP contribution in [0, 0.1) is 0 Å². The van der Waals surface area contributed by atoms with E-state index >= 15 is 0 Å². The summed E-state index contributed by atoms with van der Waals surface area (Å²) in [6.07, 6.45) is 0.303. The van der Waals surface area contributed by atoms with E-state index in [2.05, 4.69) is 5.32 Å². The van der Waals surface area contributed by atoms with E-state index in [0.717, 1.165) is 11.4 Å². The molecular weight excluding hydrogens is 346 g/mol. The minimum atomic E-state index is -0.426. The van der Waals surface area contributed by atoms with E-state index in [1.807, 2.05) is 44.9 Å². The Bertz CT molecular complexity index is 688. The SMILES string of the molecule is CCOCC(C)(C)NC(=O)CC1COc2ccc(C(=O)N(C)C)cc2N1C. The Morgan fingerprint density at radius 2 is 2.07 bits per heavy atom. The van der Waals surface area contributed by atoms with Crippen LogP contribution < -0.4 is 15.0 Å². The molecule has 2 amide bonds. The first kappa shape index (κ1) is 21.0. The van der Waals surface area contributed by atoms with Crippen LogP contribution in [0.4, 0.5) is 5.69 Å². The number of benzene rings is 1. The van der Waals surface area contributed by atoms with Crippen LogP contribution in [0.5, 0.6) is 5.75 Å². The number of ether oxygens (including phenoxy) is 2. The monoisotopic (exact) mass is 377 g/mol. The maximum Gasteiger partial charge on any atom is 0.253 e. The van der Waals surface area contributed by atoms with Crippen molar-refractivity contribution in [3.8, 4) is 5.75 Å². The first-order chi connectivity index (χ1) is 12.6. The molecule has 1 aliphatic rings. The molecule has 150 valence electrons. The molecule has 27 heavy (non-hydrogen) atoms.